The molecular weight excluding hydrogens is 1010 g/mol. The summed E-state index contributed by atoms with van der Waals surface area (Å²) in [4.78, 5) is 38.4. The van der Waals surface area contributed by atoms with E-state index in [9.17, 15) is 14.4 Å². The fourth-order valence-corrected chi connectivity index (χ4v) is 10.3. The minimum absolute atomic E-state index is 0.0725. The van der Waals surface area contributed by atoms with Crippen LogP contribution in [0.4, 0.5) is 0 Å². The second-order valence-corrected chi connectivity index (χ2v) is 23.8. The Hall–Kier alpha value is -3.41. The highest BCUT2D eigenvalue weighted by Crippen LogP contribution is 2.18. The number of hydrogen-bond donors (Lipinski definition) is 0. The monoisotopic (exact) mass is 1140 g/mol. The largest absolute Gasteiger partial charge is 0.462 e. The van der Waals surface area contributed by atoms with Crippen molar-refractivity contribution in [2.75, 3.05) is 13.2 Å². The zero-order chi connectivity index (χ0) is 59.2. The first-order valence-corrected chi connectivity index (χ1v) is 35.6. The quantitative estimate of drug-likeness (QED) is 0.0261. The molecule has 82 heavy (non-hydrogen) atoms. The fourth-order valence-electron chi connectivity index (χ4n) is 10.3. The zero-order valence-electron chi connectivity index (χ0n) is 54.5. The summed E-state index contributed by atoms with van der Waals surface area (Å²) in [5.41, 5.74) is 0. The first-order chi connectivity index (χ1) is 40.5. The van der Waals surface area contributed by atoms with Crippen molar-refractivity contribution in [2.24, 2.45) is 0 Å². The molecule has 0 rings (SSSR count). The summed E-state index contributed by atoms with van der Waals surface area (Å²) in [5.74, 6) is -0.857. The number of carbonyl (C=O) groups is 3. The number of esters is 3. The van der Waals surface area contributed by atoms with E-state index >= 15 is 0 Å². The van der Waals surface area contributed by atoms with Gasteiger partial charge >= 0.3 is 17.9 Å². The minimum atomic E-state index is -0.777. The van der Waals surface area contributed by atoms with E-state index < -0.39 is 6.10 Å². The van der Waals surface area contributed by atoms with Gasteiger partial charge in [0.25, 0.3) is 0 Å². The lowest BCUT2D eigenvalue weighted by Crippen LogP contribution is -2.30. The van der Waals surface area contributed by atoms with Gasteiger partial charge in [-0.2, -0.15) is 0 Å². The molecule has 0 aliphatic heterocycles. The highest BCUT2D eigenvalue weighted by Gasteiger charge is 2.19. The Kier molecular flexibility index (Phi) is 67.2. The standard InChI is InChI=1S/C76H134O6/c1-4-7-10-13-16-19-22-25-27-29-31-32-33-34-35-36-37-38-39-40-41-42-43-44-45-47-48-51-54-57-60-63-66-69-75(78)81-72-73(71-80-74(77)68-65-62-59-56-53-50-24-21-18-15-12-9-6-3)82-76(79)70-67-64-61-58-55-52-49-46-30-28-26-23-20-17-14-11-8-5-2/h7,10,16,19,25,27-28,30-32,34-35,37-38,73H,4-6,8-9,11-15,17-18,20-24,26,29,33,36,39-72H2,1-3H3/b10-7-,19-16-,27-25-,30-28-,32-31-,35-34-,38-37-. The number of unbranched alkanes of at least 4 members (excludes halogenated alkanes) is 40. The van der Waals surface area contributed by atoms with Crippen LogP contribution in [0.1, 0.15) is 361 Å². The van der Waals surface area contributed by atoms with Crippen LogP contribution >= 0.6 is 0 Å². The molecule has 0 aromatic carbocycles. The van der Waals surface area contributed by atoms with Crippen molar-refractivity contribution in [1.29, 1.82) is 0 Å². The zero-order valence-corrected chi connectivity index (χ0v) is 54.5. The van der Waals surface area contributed by atoms with Gasteiger partial charge < -0.3 is 14.2 Å². The van der Waals surface area contributed by atoms with Crippen molar-refractivity contribution < 1.29 is 28.6 Å². The van der Waals surface area contributed by atoms with Gasteiger partial charge in [0.05, 0.1) is 0 Å². The molecule has 6 nitrogen and oxygen atoms in total. The molecule has 0 saturated heterocycles. The summed E-state index contributed by atoms with van der Waals surface area (Å²) in [6.07, 6.45) is 93.2. The van der Waals surface area contributed by atoms with Crippen molar-refractivity contribution in [3.05, 3.63) is 85.1 Å². The molecule has 1 atom stereocenters. The van der Waals surface area contributed by atoms with Crippen molar-refractivity contribution in [2.45, 2.75) is 367 Å². The number of ether oxygens (including phenoxy) is 3. The van der Waals surface area contributed by atoms with Gasteiger partial charge in [-0.25, -0.2) is 0 Å². The lowest BCUT2D eigenvalue weighted by atomic mass is 10.0. The minimum Gasteiger partial charge on any atom is -0.462 e. The molecular formula is C76H134O6. The average molecular weight is 1140 g/mol. The average Bonchev–Trinajstić information content (AvgIpc) is 3.47. The molecule has 0 amide bonds. The van der Waals surface area contributed by atoms with Gasteiger partial charge in [0.15, 0.2) is 6.10 Å². The molecule has 0 fully saturated rings. The molecule has 0 saturated carbocycles. The molecule has 0 aliphatic rings. The van der Waals surface area contributed by atoms with Crippen LogP contribution in [-0.2, 0) is 28.6 Å². The van der Waals surface area contributed by atoms with Crippen molar-refractivity contribution in [1.82, 2.24) is 0 Å². The van der Waals surface area contributed by atoms with E-state index in [4.69, 9.17) is 14.2 Å². The molecule has 0 aromatic rings. The lowest BCUT2D eigenvalue weighted by molar-refractivity contribution is -0.167. The van der Waals surface area contributed by atoms with Gasteiger partial charge in [-0.1, -0.05) is 331 Å². The molecule has 0 heterocycles. The fraction of sp³-hybridized carbons (Fsp3) is 0.776. The third-order valence-electron chi connectivity index (χ3n) is 15.6. The van der Waals surface area contributed by atoms with E-state index in [0.717, 1.165) is 96.3 Å². The molecule has 0 spiro atoms. The normalized spacial score (nSPS) is 12.6. The Labute approximate surface area is 509 Å². The summed E-state index contributed by atoms with van der Waals surface area (Å²) in [7, 11) is 0. The molecule has 0 aromatic heterocycles. The maximum atomic E-state index is 12.9. The van der Waals surface area contributed by atoms with Crippen LogP contribution in [0.15, 0.2) is 85.1 Å². The van der Waals surface area contributed by atoms with Gasteiger partial charge in [-0.05, 0) is 96.3 Å². The van der Waals surface area contributed by atoms with E-state index in [1.807, 2.05) is 0 Å². The highest BCUT2D eigenvalue weighted by atomic mass is 16.6. The summed E-state index contributed by atoms with van der Waals surface area (Å²) in [6.45, 7) is 6.57. The summed E-state index contributed by atoms with van der Waals surface area (Å²) < 4.78 is 17.0. The van der Waals surface area contributed by atoms with Crippen LogP contribution in [0, 0.1) is 0 Å². The molecule has 6 heteroatoms. The molecule has 0 bridgehead atoms. The number of rotatable bonds is 65. The van der Waals surface area contributed by atoms with Crippen molar-refractivity contribution in [3.8, 4) is 0 Å². The number of carbonyl (C=O) groups excluding carboxylic acids is 3. The van der Waals surface area contributed by atoms with Gasteiger partial charge in [0, 0.05) is 19.3 Å². The third-order valence-corrected chi connectivity index (χ3v) is 15.6. The van der Waals surface area contributed by atoms with Crippen LogP contribution in [-0.4, -0.2) is 37.2 Å². The van der Waals surface area contributed by atoms with E-state index in [-0.39, 0.29) is 31.1 Å². The Morgan fingerprint density at radius 2 is 0.476 bits per heavy atom. The number of allylic oxidation sites excluding steroid dienone is 14. The predicted molar refractivity (Wildman–Crippen MR) is 358 cm³/mol. The van der Waals surface area contributed by atoms with Crippen LogP contribution in [0.25, 0.3) is 0 Å². The smallest absolute Gasteiger partial charge is 0.306 e. The van der Waals surface area contributed by atoms with Gasteiger partial charge in [-0.3, -0.25) is 14.4 Å². The molecule has 0 radical (unpaired) electrons. The predicted octanol–water partition coefficient (Wildman–Crippen LogP) is 24.6. The summed E-state index contributed by atoms with van der Waals surface area (Å²) >= 11 is 0. The number of hydrogen-bond acceptors (Lipinski definition) is 6. The Balaban J connectivity index is 4.19. The summed E-state index contributed by atoms with van der Waals surface area (Å²) in [6, 6.07) is 0. The Morgan fingerprint density at radius 3 is 0.756 bits per heavy atom. The van der Waals surface area contributed by atoms with E-state index in [0.29, 0.717) is 19.3 Å². The van der Waals surface area contributed by atoms with Crippen LogP contribution in [0.5, 0.6) is 0 Å². The first kappa shape index (κ1) is 78.6. The highest BCUT2D eigenvalue weighted by molar-refractivity contribution is 5.71. The van der Waals surface area contributed by atoms with E-state index in [1.54, 1.807) is 0 Å². The maximum absolute atomic E-state index is 12.9. The second-order valence-electron chi connectivity index (χ2n) is 23.8. The van der Waals surface area contributed by atoms with Crippen LogP contribution < -0.4 is 0 Å². The molecule has 0 aliphatic carbocycles. The van der Waals surface area contributed by atoms with Crippen LogP contribution in [0.2, 0.25) is 0 Å². The van der Waals surface area contributed by atoms with Crippen molar-refractivity contribution in [3.63, 3.8) is 0 Å². The first-order valence-electron chi connectivity index (χ1n) is 35.6. The van der Waals surface area contributed by atoms with Gasteiger partial charge in [0.1, 0.15) is 13.2 Å². The van der Waals surface area contributed by atoms with Gasteiger partial charge in [0.2, 0.25) is 0 Å². The molecule has 474 valence electrons. The lowest BCUT2D eigenvalue weighted by Gasteiger charge is -2.18. The summed E-state index contributed by atoms with van der Waals surface area (Å²) in [5, 5.41) is 0. The van der Waals surface area contributed by atoms with Gasteiger partial charge in [-0.15, -0.1) is 0 Å². The van der Waals surface area contributed by atoms with E-state index in [1.165, 1.54) is 225 Å². The third kappa shape index (κ3) is 67.4. The molecule has 0 N–H and O–H groups in total. The van der Waals surface area contributed by atoms with E-state index in [2.05, 4.69) is 106 Å². The topological polar surface area (TPSA) is 78.9 Å². The van der Waals surface area contributed by atoms with Crippen LogP contribution in [0.3, 0.4) is 0 Å². The molecule has 1 unspecified atom stereocenters. The SMILES string of the molecule is CC/C=C\C/C=C\C/C=C\C/C=C\C/C=C\C/C=C\CCCCCCCCCCCCCCCCC(=O)OCC(COC(=O)CCCCCCCCCCCCCCC)OC(=O)CCCCCCCCC/C=C\CCCCCCCCC. The Bertz CT molecular complexity index is 1550. The maximum Gasteiger partial charge on any atom is 0.306 e. The second kappa shape index (κ2) is 70.1. The Morgan fingerprint density at radius 1 is 0.256 bits per heavy atom. The van der Waals surface area contributed by atoms with Crippen molar-refractivity contribution >= 4 is 17.9 Å².